The number of hydrogen-bond donors (Lipinski definition) is 1. The third kappa shape index (κ3) is 2.49. The Morgan fingerprint density at radius 3 is 3.00 bits per heavy atom. The van der Waals surface area contributed by atoms with Gasteiger partial charge >= 0.3 is 0 Å². The topological polar surface area (TPSA) is 42.0 Å². The van der Waals surface area contributed by atoms with Crippen molar-refractivity contribution in [2.24, 2.45) is 0 Å². The molecule has 1 unspecified atom stereocenters. The quantitative estimate of drug-likeness (QED) is 0.834. The van der Waals surface area contributed by atoms with Crippen LogP contribution in [0.5, 0.6) is 0 Å². The molecule has 3 heteroatoms. The Morgan fingerprint density at radius 2 is 2.22 bits per heavy atom. The van der Waals surface area contributed by atoms with Crippen LogP contribution in [0.15, 0.2) is 36.5 Å². The zero-order valence-electron chi connectivity index (χ0n) is 10.2. The van der Waals surface area contributed by atoms with E-state index in [4.69, 9.17) is 6.42 Å². The maximum absolute atomic E-state index is 12.1. The monoisotopic (exact) mass is 238 g/mol. The summed E-state index contributed by atoms with van der Waals surface area (Å²) in [5.41, 5.74) is 1.44. The minimum atomic E-state index is -0.114. The van der Waals surface area contributed by atoms with Crippen molar-refractivity contribution in [1.82, 2.24) is 10.3 Å². The van der Waals surface area contributed by atoms with Gasteiger partial charge in [0.25, 0.3) is 5.91 Å². The van der Waals surface area contributed by atoms with Crippen molar-refractivity contribution in [1.29, 1.82) is 0 Å². The van der Waals surface area contributed by atoms with E-state index in [2.05, 4.69) is 16.2 Å². The van der Waals surface area contributed by atoms with Crippen molar-refractivity contribution in [3.8, 4) is 12.3 Å². The number of hydrogen-bond acceptors (Lipinski definition) is 2. The number of nitrogens with one attached hydrogen (secondary N) is 1. The Balaban J connectivity index is 2.31. The van der Waals surface area contributed by atoms with E-state index in [1.54, 1.807) is 12.3 Å². The molecule has 1 atom stereocenters. The van der Waals surface area contributed by atoms with E-state index in [-0.39, 0.29) is 11.9 Å². The number of para-hydroxylation sites is 1. The van der Waals surface area contributed by atoms with Crippen LogP contribution in [-0.4, -0.2) is 16.9 Å². The molecule has 1 N–H and O–H groups in total. The fraction of sp³-hybridized carbons (Fsp3) is 0.200. The second kappa shape index (κ2) is 5.33. The average molecular weight is 238 g/mol. The van der Waals surface area contributed by atoms with Gasteiger partial charge in [-0.05, 0) is 19.1 Å². The van der Waals surface area contributed by atoms with Crippen molar-refractivity contribution < 1.29 is 4.79 Å². The van der Waals surface area contributed by atoms with Gasteiger partial charge in [0.1, 0.15) is 0 Å². The van der Waals surface area contributed by atoms with Gasteiger partial charge in [-0.25, -0.2) is 0 Å². The number of aromatic nitrogens is 1. The molecule has 1 amide bonds. The summed E-state index contributed by atoms with van der Waals surface area (Å²) >= 11 is 0. The molecule has 1 aromatic heterocycles. The Hall–Kier alpha value is -2.34. The summed E-state index contributed by atoms with van der Waals surface area (Å²) < 4.78 is 0. The molecule has 0 saturated carbocycles. The first-order chi connectivity index (χ1) is 8.72. The number of carbonyl (C=O) groups excluding carboxylic acids is 1. The van der Waals surface area contributed by atoms with Crippen LogP contribution in [0.1, 0.15) is 23.7 Å². The highest BCUT2D eigenvalue weighted by Crippen LogP contribution is 2.16. The molecule has 0 radical (unpaired) electrons. The van der Waals surface area contributed by atoms with Gasteiger partial charge in [0.15, 0.2) is 0 Å². The lowest BCUT2D eigenvalue weighted by Crippen LogP contribution is -2.32. The molecule has 0 bridgehead atoms. The SMILES string of the molecule is C#CCC(C)NC(=O)c1ccnc2ccccc12. The summed E-state index contributed by atoms with van der Waals surface area (Å²) in [6, 6.07) is 9.26. The largest absolute Gasteiger partial charge is 0.349 e. The third-order valence-corrected chi connectivity index (χ3v) is 2.70. The third-order valence-electron chi connectivity index (χ3n) is 2.70. The fourth-order valence-corrected chi connectivity index (χ4v) is 1.82. The maximum atomic E-state index is 12.1. The summed E-state index contributed by atoms with van der Waals surface area (Å²) in [6.45, 7) is 1.89. The van der Waals surface area contributed by atoms with Crippen LogP contribution in [0.25, 0.3) is 10.9 Å². The number of nitrogens with zero attached hydrogens (tertiary/aromatic N) is 1. The number of carbonyl (C=O) groups is 1. The first-order valence-corrected chi connectivity index (χ1v) is 5.80. The Morgan fingerprint density at radius 1 is 1.44 bits per heavy atom. The molecule has 0 aliphatic heterocycles. The Labute approximate surface area is 106 Å². The van der Waals surface area contributed by atoms with Gasteiger partial charge in [0, 0.05) is 24.0 Å². The molecule has 2 rings (SSSR count). The smallest absolute Gasteiger partial charge is 0.252 e. The number of benzene rings is 1. The summed E-state index contributed by atoms with van der Waals surface area (Å²) in [5.74, 6) is 2.42. The van der Waals surface area contributed by atoms with Crippen molar-refractivity contribution in [2.75, 3.05) is 0 Å². The normalized spacial score (nSPS) is 11.8. The molecule has 3 nitrogen and oxygen atoms in total. The van der Waals surface area contributed by atoms with Crippen LogP contribution >= 0.6 is 0 Å². The molecule has 1 heterocycles. The molecule has 0 spiro atoms. The maximum Gasteiger partial charge on any atom is 0.252 e. The Kier molecular flexibility index (Phi) is 3.59. The standard InChI is InChI=1S/C15H14N2O/c1-3-6-11(2)17-15(18)13-9-10-16-14-8-5-4-7-12(13)14/h1,4-5,7-11H,6H2,2H3,(H,17,18). The molecule has 18 heavy (non-hydrogen) atoms. The second-order valence-corrected chi connectivity index (χ2v) is 4.16. The number of pyridine rings is 1. The van der Waals surface area contributed by atoms with Gasteiger partial charge in [-0.2, -0.15) is 0 Å². The van der Waals surface area contributed by atoms with Crippen LogP contribution in [0.3, 0.4) is 0 Å². The van der Waals surface area contributed by atoms with Crippen LogP contribution < -0.4 is 5.32 Å². The van der Waals surface area contributed by atoms with Crippen LogP contribution in [0.2, 0.25) is 0 Å². The number of rotatable bonds is 3. The average Bonchev–Trinajstić information content (AvgIpc) is 2.38. The molecule has 2 aromatic rings. The van der Waals surface area contributed by atoms with Gasteiger partial charge in [0.2, 0.25) is 0 Å². The lowest BCUT2D eigenvalue weighted by atomic mass is 10.1. The van der Waals surface area contributed by atoms with Crippen molar-refractivity contribution >= 4 is 16.8 Å². The van der Waals surface area contributed by atoms with E-state index in [0.29, 0.717) is 12.0 Å². The van der Waals surface area contributed by atoms with E-state index in [9.17, 15) is 4.79 Å². The number of terminal acetylenes is 1. The molecular weight excluding hydrogens is 224 g/mol. The van der Waals surface area contributed by atoms with E-state index in [1.807, 2.05) is 31.2 Å². The van der Waals surface area contributed by atoms with Gasteiger partial charge in [-0.1, -0.05) is 18.2 Å². The van der Waals surface area contributed by atoms with Gasteiger partial charge in [-0.3, -0.25) is 9.78 Å². The number of amides is 1. The highest BCUT2D eigenvalue weighted by atomic mass is 16.1. The van der Waals surface area contributed by atoms with Crippen LogP contribution in [0.4, 0.5) is 0 Å². The molecule has 0 saturated heterocycles. The minimum Gasteiger partial charge on any atom is -0.349 e. The number of fused-ring (bicyclic) bond motifs is 1. The highest BCUT2D eigenvalue weighted by molar-refractivity contribution is 6.06. The zero-order chi connectivity index (χ0) is 13.0. The Bertz CT molecular complexity index is 608. The fourth-order valence-electron chi connectivity index (χ4n) is 1.82. The van der Waals surface area contributed by atoms with Gasteiger partial charge in [-0.15, -0.1) is 12.3 Å². The van der Waals surface area contributed by atoms with E-state index in [1.165, 1.54) is 0 Å². The second-order valence-electron chi connectivity index (χ2n) is 4.16. The zero-order valence-corrected chi connectivity index (χ0v) is 10.2. The van der Waals surface area contributed by atoms with E-state index >= 15 is 0 Å². The summed E-state index contributed by atoms with van der Waals surface area (Å²) in [5, 5.41) is 3.73. The van der Waals surface area contributed by atoms with Crippen LogP contribution in [-0.2, 0) is 0 Å². The summed E-state index contributed by atoms with van der Waals surface area (Å²) in [6.07, 6.45) is 7.39. The lowest BCUT2D eigenvalue weighted by Gasteiger charge is -2.12. The molecule has 0 aliphatic rings. The lowest BCUT2D eigenvalue weighted by molar-refractivity contribution is 0.0942. The van der Waals surface area contributed by atoms with Crippen LogP contribution in [0, 0.1) is 12.3 Å². The first kappa shape index (κ1) is 12.1. The van der Waals surface area contributed by atoms with Gasteiger partial charge in [0.05, 0.1) is 11.1 Å². The highest BCUT2D eigenvalue weighted by Gasteiger charge is 2.12. The molecule has 90 valence electrons. The van der Waals surface area contributed by atoms with Crippen molar-refractivity contribution in [3.05, 3.63) is 42.1 Å². The predicted octanol–water partition coefficient (Wildman–Crippen LogP) is 2.38. The van der Waals surface area contributed by atoms with E-state index < -0.39 is 0 Å². The van der Waals surface area contributed by atoms with Gasteiger partial charge < -0.3 is 5.32 Å². The van der Waals surface area contributed by atoms with E-state index in [0.717, 1.165) is 10.9 Å². The summed E-state index contributed by atoms with van der Waals surface area (Å²) in [4.78, 5) is 16.4. The predicted molar refractivity (Wildman–Crippen MR) is 72.1 cm³/mol. The first-order valence-electron chi connectivity index (χ1n) is 5.80. The minimum absolute atomic E-state index is 0.0329. The molecular formula is C15H14N2O. The molecule has 1 aromatic carbocycles. The van der Waals surface area contributed by atoms with Crippen molar-refractivity contribution in [2.45, 2.75) is 19.4 Å². The molecule has 0 aliphatic carbocycles. The molecule has 0 fully saturated rings. The summed E-state index contributed by atoms with van der Waals surface area (Å²) in [7, 11) is 0. The van der Waals surface area contributed by atoms with Crippen molar-refractivity contribution in [3.63, 3.8) is 0 Å².